The van der Waals surface area contributed by atoms with Gasteiger partial charge in [-0.25, -0.2) is 4.79 Å². The summed E-state index contributed by atoms with van der Waals surface area (Å²) in [4.78, 5) is 11.5. The number of nitrogens with one attached hydrogen (secondary N) is 1. The molecular formula is C11H18N2O2. The smallest absolute Gasteiger partial charge is 0.408 e. The molecule has 0 aromatic carbocycles. The lowest BCUT2D eigenvalue weighted by Gasteiger charge is -2.22. The minimum Gasteiger partial charge on any atom is -0.444 e. The summed E-state index contributed by atoms with van der Waals surface area (Å²) in [5.41, 5.74) is -1.42. The first-order valence-corrected chi connectivity index (χ1v) is 5.04. The molecule has 0 aliphatic heterocycles. The van der Waals surface area contributed by atoms with Crippen LogP contribution in [0, 0.1) is 16.7 Å². The van der Waals surface area contributed by atoms with Gasteiger partial charge in [0.25, 0.3) is 0 Å². The number of nitriles is 1. The van der Waals surface area contributed by atoms with Gasteiger partial charge in [-0.1, -0.05) is 13.8 Å². The lowest BCUT2D eigenvalue weighted by Crippen LogP contribution is -2.42. The maximum absolute atomic E-state index is 11.5. The van der Waals surface area contributed by atoms with Crippen LogP contribution in [0.2, 0.25) is 0 Å². The van der Waals surface area contributed by atoms with Gasteiger partial charge in [0.2, 0.25) is 0 Å². The predicted octanol–water partition coefficient (Wildman–Crippen LogP) is 2.20. The number of hydrogen-bond donors (Lipinski definition) is 1. The number of rotatable bonds is 1. The van der Waals surface area contributed by atoms with Gasteiger partial charge in [0, 0.05) is 5.41 Å². The fourth-order valence-electron chi connectivity index (χ4n) is 1.53. The molecule has 1 N–H and O–H groups in total. The molecule has 4 nitrogen and oxygen atoms in total. The van der Waals surface area contributed by atoms with E-state index < -0.39 is 17.2 Å². The number of ether oxygens (including phenoxy) is 1. The Balaban J connectivity index is 2.58. The van der Waals surface area contributed by atoms with Crippen molar-refractivity contribution >= 4 is 6.09 Å². The van der Waals surface area contributed by atoms with Crippen molar-refractivity contribution in [3.63, 3.8) is 0 Å². The third kappa shape index (κ3) is 2.41. The molecule has 0 aromatic rings. The molecule has 1 atom stereocenters. The van der Waals surface area contributed by atoms with Crippen molar-refractivity contribution < 1.29 is 9.53 Å². The number of nitrogens with zero attached hydrogens (tertiary/aromatic N) is 1. The predicted molar refractivity (Wildman–Crippen MR) is 56.1 cm³/mol. The zero-order valence-electron chi connectivity index (χ0n) is 9.97. The van der Waals surface area contributed by atoms with E-state index in [4.69, 9.17) is 10.00 Å². The topological polar surface area (TPSA) is 62.1 Å². The van der Waals surface area contributed by atoms with Crippen molar-refractivity contribution in [2.24, 2.45) is 5.41 Å². The minimum absolute atomic E-state index is 0.154. The van der Waals surface area contributed by atoms with E-state index in [1.165, 1.54) is 0 Å². The van der Waals surface area contributed by atoms with Crippen LogP contribution in [0.15, 0.2) is 0 Å². The third-order valence-electron chi connectivity index (χ3n) is 2.64. The molecule has 0 heterocycles. The molecule has 1 aliphatic rings. The molecule has 1 saturated carbocycles. The monoisotopic (exact) mass is 210 g/mol. The molecule has 15 heavy (non-hydrogen) atoms. The highest BCUT2D eigenvalue weighted by molar-refractivity contribution is 5.71. The second-order valence-corrected chi connectivity index (χ2v) is 5.70. The minimum atomic E-state index is -0.741. The molecule has 1 amide bonds. The fourth-order valence-corrected chi connectivity index (χ4v) is 1.53. The lowest BCUT2D eigenvalue weighted by molar-refractivity contribution is 0.0501. The molecule has 0 bridgehead atoms. The first-order valence-electron chi connectivity index (χ1n) is 5.04. The van der Waals surface area contributed by atoms with E-state index >= 15 is 0 Å². The van der Waals surface area contributed by atoms with Crippen LogP contribution in [0.5, 0.6) is 0 Å². The van der Waals surface area contributed by atoms with Crippen LogP contribution in [-0.2, 0) is 4.74 Å². The highest BCUT2D eigenvalue weighted by Gasteiger charge is 2.63. The average Bonchev–Trinajstić information content (AvgIpc) is 2.49. The second-order valence-electron chi connectivity index (χ2n) is 5.70. The van der Waals surface area contributed by atoms with Crippen molar-refractivity contribution in [2.45, 2.75) is 52.2 Å². The molecule has 1 rings (SSSR count). The Hall–Kier alpha value is -1.24. The molecule has 1 aliphatic carbocycles. The van der Waals surface area contributed by atoms with Gasteiger partial charge in [0.1, 0.15) is 11.1 Å². The van der Waals surface area contributed by atoms with Crippen LogP contribution >= 0.6 is 0 Å². The maximum Gasteiger partial charge on any atom is 0.408 e. The summed E-state index contributed by atoms with van der Waals surface area (Å²) in [7, 11) is 0. The number of hydrogen-bond acceptors (Lipinski definition) is 3. The van der Waals surface area contributed by atoms with E-state index in [0.29, 0.717) is 6.42 Å². The van der Waals surface area contributed by atoms with Crippen LogP contribution in [0.25, 0.3) is 0 Å². The van der Waals surface area contributed by atoms with Crippen LogP contribution < -0.4 is 5.32 Å². The fraction of sp³-hybridized carbons (Fsp3) is 0.818. The second kappa shape index (κ2) is 3.13. The van der Waals surface area contributed by atoms with E-state index in [0.717, 1.165) is 0 Å². The van der Waals surface area contributed by atoms with E-state index in [2.05, 4.69) is 11.4 Å². The van der Waals surface area contributed by atoms with E-state index in [-0.39, 0.29) is 5.41 Å². The highest BCUT2D eigenvalue weighted by Crippen LogP contribution is 2.55. The Bertz CT molecular complexity index is 322. The van der Waals surface area contributed by atoms with Gasteiger partial charge in [-0.3, -0.25) is 0 Å². The van der Waals surface area contributed by atoms with Gasteiger partial charge in [0.15, 0.2) is 0 Å². The molecular weight excluding hydrogens is 192 g/mol. The number of carbonyl (C=O) groups is 1. The number of amides is 1. The largest absolute Gasteiger partial charge is 0.444 e. The summed E-state index contributed by atoms with van der Waals surface area (Å²) in [6.45, 7) is 9.29. The molecule has 4 heteroatoms. The van der Waals surface area contributed by atoms with Crippen molar-refractivity contribution in [3.05, 3.63) is 0 Å². The van der Waals surface area contributed by atoms with Crippen molar-refractivity contribution in [1.29, 1.82) is 5.26 Å². The van der Waals surface area contributed by atoms with Gasteiger partial charge >= 0.3 is 6.09 Å². The molecule has 0 aromatic heterocycles. The highest BCUT2D eigenvalue weighted by atomic mass is 16.6. The maximum atomic E-state index is 11.5. The summed E-state index contributed by atoms with van der Waals surface area (Å²) in [6.07, 6.45) is 0.157. The molecule has 84 valence electrons. The molecule has 1 unspecified atom stereocenters. The van der Waals surface area contributed by atoms with Crippen LogP contribution in [0.3, 0.4) is 0 Å². The van der Waals surface area contributed by atoms with Crippen LogP contribution in [0.4, 0.5) is 4.79 Å². The lowest BCUT2D eigenvalue weighted by atomic mass is 10.1. The van der Waals surface area contributed by atoms with Crippen molar-refractivity contribution in [2.75, 3.05) is 0 Å². The zero-order valence-corrected chi connectivity index (χ0v) is 9.97. The Labute approximate surface area is 90.6 Å². The quantitative estimate of drug-likeness (QED) is 0.721. The summed E-state index contributed by atoms with van der Waals surface area (Å²) in [5.74, 6) is 0. The van der Waals surface area contributed by atoms with Gasteiger partial charge in [-0.05, 0) is 27.2 Å². The van der Waals surface area contributed by atoms with E-state index in [9.17, 15) is 4.79 Å². The first-order chi connectivity index (χ1) is 6.62. The standard InChI is InChI=1S/C11H18N2O2/c1-9(2,3)15-8(14)13-11(7-12)6-10(11,4)5/h6H2,1-5H3,(H,13,14). The van der Waals surface area contributed by atoms with Crippen molar-refractivity contribution in [3.8, 4) is 6.07 Å². The van der Waals surface area contributed by atoms with Crippen LogP contribution in [0.1, 0.15) is 41.0 Å². The molecule has 0 radical (unpaired) electrons. The summed E-state index contributed by atoms with van der Waals surface area (Å²) < 4.78 is 5.11. The van der Waals surface area contributed by atoms with E-state index in [1.807, 2.05) is 13.8 Å². The third-order valence-corrected chi connectivity index (χ3v) is 2.64. The SMILES string of the molecule is CC(C)(C)OC(=O)NC1(C#N)CC1(C)C. The van der Waals surface area contributed by atoms with Crippen LogP contribution in [-0.4, -0.2) is 17.2 Å². The van der Waals surface area contributed by atoms with Gasteiger partial charge in [-0.2, -0.15) is 5.26 Å². The Morgan fingerprint density at radius 2 is 1.93 bits per heavy atom. The molecule has 0 spiro atoms. The zero-order chi connectivity index (χ0) is 11.9. The van der Waals surface area contributed by atoms with Gasteiger partial charge in [-0.15, -0.1) is 0 Å². The molecule has 0 saturated heterocycles. The van der Waals surface area contributed by atoms with Crippen molar-refractivity contribution in [1.82, 2.24) is 5.32 Å². The Morgan fingerprint density at radius 3 is 2.20 bits per heavy atom. The molecule has 1 fully saturated rings. The first kappa shape index (κ1) is 11.8. The van der Waals surface area contributed by atoms with E-state index in [1.54, 1.807) is 20.8 Å². The summed E-state index contributed by atoms with van der Waals surface area (Å²) >= 11 is 0. The summed E-state index contributed by atoms with van der Waals surface area (Å²) in [6, 6.07) is 2.15. The van der Waals surface area contributed by atoms with Gasteiger partial charge < -0.3 is 10.1 Å². The number of alkyl carbamates (subject to hydrolysis) is 1. The Morgan fingerprint density at radius 1 is 1.47 bits per heavy atom. The summed E-state index contributed by atoms with van der Waals surface area (Å²) in [5, 5.41) is 11.7. The normalized spacial score (nSPS) is 27.7. The number of carbonyl (C=O) groups excluding carboxylic acids is 1. The Kier molecular flexibility index (Phi) is 2.47. The average molecular weight is 210 g/mol. The van der Waals surface area contributed by atoms with Gasteiger partial charge in [0.05, 0.1) is 6.07 Å².